The highest BCUT2D eigenvalue weighted by atomic mass is 32.1. The lowest BCUT2D eigenvalue weighted by molar-refractivity contribution is 0.334. The van der Waals surface area contributed by atoms with Crippen molar-refractivity contribution < 1.29 is 0 Å². The first-order valence-corrected chi connectivity index (χ1v) is 8.36. The maximum atomic E-state index is 4.63. The van der Waals surface area contributed by atoms with Gasteiger partial charge in [0.2, 0.25) is 0 Å². The summed E-state index contributed by atoms with van der Waals surface area (Å²) in [4.78, 5) is 10.2. The van der Waals surface area contributed by atoms with Crippen molar-refractivity contribution >= 4 is 17.3 Å². The summed E-state index contributed by atoms with van der Waals surface area (Å²) in [6, 6.07) is 0. The second-order valence-electron chi connectivity index (χ2n) is 5.93. The number of nitrogens with one attached hydrogen (secondary N) is 2. The molecule has 0 spiro atoms. The molecular weight excluding hydrogens is 268 g/mol. The van der Waals surface area contributed by atoms with Gasteiger partial charge in [-0.1, -0.05) is 19.8 Å². The van der Waals surface area contributed by atoms with Crippen molar-refractivity contribution in [3.05, 3.63) is 16.1 Å². The van der Waals surface area contributed by atoms with Crippen LogP contribution in [0.25, 0.3) is 0 Å². The predicted molar refractivity (Wildman–Crippen MR) is 86.2 cm³/mol. The minimum absolute atomic E-state index is 0.438. The van der Waals surface area contributed by atoms with E-state index in [1.807, 2.05) is 6.20 Å². The van der Waals surface area contributed by atoms with Crippen molar-refractivity contribution in [3.8, 4) is 0 Å². The molecule has 1 aliphatic carbocycles. The number of thiazole rings is 1. The van der Waals surface area contributed by atoms with Crippen molar-refractivity contribution in [1.82, 2.24) is 15.6 Å². The minimum Gasteiger partial charge on any atom is -0.357 e. The summed E-state index contributed by atoms with van der Waals surface area (Å²) >= 11 is 1.72. The predicted octanol–water partition coefficient (Wildman–Crippen LogP) is 3.09. The normalized spacial score (nSPS) is 18.2. The molecule has 0 atom stereocenters. The molecule has 4 nitrogen and oxygen atoms in total. The summed E-state index contributed by atoms with van der Waals surface area (Å²) in [5.41, 5.74) is 0.438. The highest BCUT2D eigenvalue weighted by molar-refractivity contribution is 7.11. The zero-order valence-electron chi connectivity index (χ0n) is 12.8. The van der Waals surface area contributed by atoms with Gasteiger partial charge in [0.15, 0.2) is 5.96 Å². The Morgan fingerprint density at radius 1 is 1.40 bits per heavy atom. The number of hydrogen-bond donors (Lipinski definition) is 2. The molecule has 0 radical (unpaired) electrons. The van der Waals surface area contributed by atoms with Gasteiger partial charge in [0.1, 0.15) is 5.01 Å². The van der Waals surface area contributed by atoms with E-state index in [1.165, 1.54) is 30.6 Å². The van der Waals surface area contributed by atoms with E-state index in [0.717, 1.165) is 24.1 Å². The molecule has 0 saturated heterocycles. The molecule has 5 heteroatoms. The number of rotatable bonds is 5. The maximum Gasteiger partial charge on any atom is 0.191 e. The Hall–Kier alpha value is -1.10. The third kappa shape index (κ3) is 4.47. The summed E-state index contributed by atoms with van der Waals surface area (Å²) < 4.78 is 0. The van der Waals surface area contributed by atoms with E-state index < -0.39 is 0 Å². The van der Waals surface area contributed by atoms with Crippen LogP contribution in [0, 0.1) is 12.3 Å². The second kappa shape index (κ2) is 7.07. The average molecular weight is 294 g/mol. The molecule has 1 heterocycles. The lowest BCUT2D eigenvalue weighted by Crippen LogP contribution is -2.42. The van der Waals surface area contributed by atoms with Gasteiger partial charge >= 0.3 is 0 Å². The molecule has 1 saturated carbocycles. The monoisotopic (exact) mass is 294 g/mol. The van der Waals surface area contributed by atoms with Gasteiger partial charge in [0.05, 0.1) is 6.54 Å². The van der Waals surface area contributed by atoms with Crippen LogP contribution in [-0.4, -0.2) is 24.0 Å². The zero-order valence-corrected chi connectivity index (χ0v) is 13.6. The Morgan fingerprint density at radius 3 is 2.75 bits per heavy atom. The van der Waals surface area contributed by atoms with E-state index in [0.29, 0.717) is 12.0 Å². The fourth-order valence-corrected chi connectivity index (χ4v) is 3.38. The molecule has 1 aromatic rings. The van der Waals surface area contributed by atoms with E-state index in [9.17, 15) is 0 Å². The Morgan fingerprint density at radius 2 is 2.15 bits per heavy atom. The summed E-state index contributed by atoms with van der Waals surface area (Å²) in [6.45, 7) is 9.11. The Labute approximate surface area is 126 Å². The van der Waals surface area contributed by atoms with Crippen molar-refractivity contribution in [1.29, 1.82) is 0 Å². The van der Waals surface area contributed by atoms with Crippen LogP contribution in [0.4, 0.5) is 0 Å². The molecule has 20 heavy (non-hydrogen) atoms. The molecule has 0 amide bonds. The fraction of sp³-hybridized carbons (Fsp3) is 0.733. The van der Waals surface area contributed by atoms with Crippen molar-refractivity contribution in [2.24, 2.45) is 10.4 Å². The van der Waals surface area contributed by atoms with Crippen LogP contribution in [0.3, 0.4) is 0 Å². The molecule has 1 fully saturated rings. The number of aryl methyl sites for hydroxylation is 1. The lowest BCUT2D eigenvalue weighted by atomic mass is 9.89. The third-order valence-electron chi connectivity index (χ3n) is 3.88. The van der Waals surface area contributed by atoms with Gasteiger partial charge in [0, 0.05) is 24.2 Å². The summed E-state index contributed by atoms with van der Waals surface area (Å²) in [7, 11) is 0. The van der Waals surface area contributed by atoms with E-state index in [1.54, 1.807) is 11.3 Å². The van der Waals surface area contributed by atoms with Crippen LogP contribution in [0.15, 0.2) is 11.2 Å². The number of nitrogens with zero attached hydrogens (tertiary/aromatic N) is 2. The van der Waals surface area contributed by atoms with Gasteiger partial charge in [-0.15, -0.1) is 11.3 Å². The quantitative estimate of drug-likeness (QED) is 0.648. The first-order chi connectivity index (χ1) is 9.61. The van der Waals surface area contributed by atoms with Crippen molar-refractivity contribution in [2.75, 3.05) is 13.1 Å². The van der Waals surface area contributed by atoms with Gasteiger partial charge in [0.25, 0.3) is 0 Å². The SMILES string of the molecule is CCNC(=NCc1ncc(C)s1)NCC1(C)CCCC1. The topological polar surface area (TPSA) is 49.3 Å². The molecule has 1 aromatic heterocycles. The maximum absolute atomic E-state index is 4.63. The second-order valence-corrected chi connectivity index (χ2v) is 7.25. The van der Waals surface area contributed by atoms with Crippen LogP contribution in [0.5, 0.6) is 0 Å². The number of guanidine groups is 1. The van der Waals surface area contributed by atoms with Crippen LogP contribution < -0.4 is 10.6 Å². The van der Waals surface area contributed by atoms with Crippen LogP contribution in [0.1, 0.15) is 49.4 Å². The summed E-state index contributed by atoms with van der Waals surface area (Å²) in [6.07, 6.45) is 7.29. The minimum atomic E-state index is 0.438. The molecule has 2 N–H and O–H groups in total. The van der Waals surface area contributed by atoms with E-state index in [-0.39, 0.29) is 0 Å². The Kier molecular flexibility index (Phi) is 5.40. The first-order valence-electron chi connectivity index (χ1n) is 7.55. The molecule has 1 aliphatic rings. The van der Waals surface area contributed by atoms with Crippen molar-refractivity contribution in [3.63, 3.8) is 0 Å². The standard InChI is InChI=1S/C15H26N4S/c1-4-16-14(18-10-13-17-9-12(2)20-13)19-11-15(3)7-5-6-8-15/h9H,4-8,10-11H2,1-3H3,(H2,16,18,19). The lowest BCUT2D eigenvalue weighted by Gasteiger charge is -2.25. The van der Waals surface area contributed by atoms with Crippen LogP contribution in [-0.2, 0) is 6.54 Å². The molecule has 0 unspecified atom stereocenters. The van der Waals surface area contributed by atoms with Crippen LogP contribution >= 0.6 is 11.3 Å². The van der Waals surface area contributed by atoms with Gasteiger partial charge in [-0.3, -0.25) is 0 Å². The number of aliphatic imine (C=N–C) groups is 1. The third-order valence-corrected chi connectivity index (χ3v) is 4.78. The fourth-order valence-electron chi connectivity index (χ4n) is 2.67. The van der Waals surface area contributed by atoms with Gasteiger partial charge in [-0.2, -0.15) is 0 Å². The molecular formula is C15H26N4S. The van der Waals surface area contributed by atoms with Gasteiger partial charge in [-0.25, -0.2) is 9.98 Å². The average Bonchev–Trinajstić information content (AvgIpc) is 3.03. The highest BCUT2D eigenvalue weighted by Crippen LogP contribution is 2.36. The summed E-state index contributed by atoms with van der Waals surface area (Å²) in [5.74, 6) is 0.911. The van der Waals surface area contributed by atoms with E-state index in [2.05, 4.69) is 41.4 Å². The van der Waals surface area contributed by atoms with E-state index >= 15 is 0 Å². The summed E-state index contributed by atoms with van der Waals surface area (Å²) in [5, 5.41) is 7.89. The smallest absolute Gasteiger partial charge is 0.191 e. The largest absolute Gasteiger partial charge is 0.357 e. The van der Waals surface area contributed by atoms with E-state index in [4.69, 9.17) is 0 Å². The number of aromatic nitrogens is 1. The highest BCUT2D eigenvalue weighted by Gasteiger charge is 2.28. The van der Waals surface area contributed by atoms with Crippen molar-refractivity contribution in [2.45, 2.75) is 53.0 Å². The molecule has 112 valence electrons. The molecule has 2 rings (SSSR count). The number of hydrogen-bond acceptors (Lipinski definition) is 3. The molecule has 0 aliphatic heterocycles. The van der Waals surface area contributed by atoms with Gasteiger partial charge < -0.3 is 10.6 Å². The first kappa shape index (κ1) is 15.3. The van der Waals surface area contributed by atoms with Crippen LogP contribution in [0.2, 0.25) is 0 Å². The Bertz CT molecular complexity index is 446. The molecule has 0 aromatic carbocycles. The Balaban J connectivity index is 1.88. The zero-order chi connectivity index (χ0) is 14.4. The molecule has 0 bridgehead atoms. The van der Waals surface area contributed by atoms with Gasteiger partial charge in [-0.05, 0) is 32.1 Å².